The first-order chi connectivity index (χ1) is 9.11. The molecule has 4 heteroatoms. The third-order valence-corrected chi connectivity index (χ3v) is 4.03. The fraction of sp³-hybridized carbons (Fsp3) is 0.933. The molecule has 2 rings (SSSR count). The highest BCUT2D eigenvalue weighted by atomic mass is 16.5. The molecule has 1 saturated carbocycles. The lowest BCUT2D eigenvalue weighted by molar-refractivity contribution is 0.0674. The van der Waals surface area contributed by atoms with Gasteiger partial charge in [0.1, 0.15) is 5.54 Å². The van der Waals surface area contributed by atoms with Crippen molar-refractivity contribution in [2.24, 2.45) is 0 Å². The second-order valence-electron chi connectivity index (χ2n) is 6.30. The van der Waals surface area contributed by atoms with Crippen molar-refractivity contribution in [2.75, 3.05) is 26.2 Å². The minimum absolute atomic E-state index is 0.338. The summed E-state index contributed by atoms with van der Waals surface area (Å²) in [5.74, 6) is 0. The summed E-state index contributed by atoms with van der Waals surface area (Å²) in [4.78, 5) is 2.48. The van der Waals surface area contributed by atoms with E-state index in [-0.39, 0.29) is 5.54 Å². The van der Waals surface area contributed by atoms with E-state index >= 15 is 0 Å². The fourth-order valence-electron chi connectivity index (χ4n) is 2.78. The van der Waals surface area contributed by atoms with Gasteiger partial charge in [0.05, 0.1) is 12.2 Å². The fourth-order valence-corrected chi connectivity index (χ4v) is 2.78. The van der Waals surface area contributed by atoms with E-state index < -0.39 is 0 Å². The Morgan fingerprint density at radius 1 is 1.47 bits per heavy atom. The largest absolute Gasteiger partial charge is 0.377 e. The molecule has 0 aromatic rings. The van der Waals surface area contributed by atoms with Crippen molar-refractivity contribution in [1.29, 1.82) is 5.26 Å². The lowest BCUT2D eigenvalue weighted by Crippen LogP contribution is -2.43. The van der Waals surface area contributed by atoms with E-state index in [2.05, 4.69) is 23.2 Å². The number of hydrogen-bond acceptors (Lipinski definition) is 4. The molecule has 0 aromatic heterocycles. The monoisotopic (exact) mass is 265 g/mol. The van der Waals surface area contributed by atoms with Crippen LogP contribution in [-0.4, -0.2) is 48.8 Å². The maximum atomic E-state index is 9.34. The molecule has 1 aliphatic carbocycles. The van der Waals surface area contributed by atoms with Crippen molar-refractivity contribution < 1.29 is 4.74 Å². The standard InChI is InChI=1S/C15H27N3O/c1-13-11-18(9-4-10-19-13)8-3-7-15(2,12-16)17-14-5-6-14/h13-14,17H,3-11H2,1-2H3. The van der Waals surface area contributed by atoms with Crippen molar-refractivity contribution in [3.8, 4) is 6.07 Å². The van der Waals surface area contributed by atoms with Crippen LogP contribution in [0.4, 0.5) is 0 Å². The summed E-state index contributed by atoms with van der Waals surface area (Å²) >= 11 is 0. The molecule has 2 atom stereocenters. The summed E-state index contributed by atoms with van der Waals surface area (Å²) < 4.78 is 5.66. The Morgan fingerprint density at radius 2 is 2.26 bits per heavy atom. The lowest BCUT2D eigenvalue weighted by Gasteiger charge is -2.26. The van der Waals surface area contributed by atoms with E-state index in [0.29, 0.717) is 12.1 Å². The minimum Gasteiger partial charge on any atom is -0.377 e. The summed E-state index contributed by atoms with van der Waals surface area (Å²) in [7, 11) is 0. The molecule has 1 aliphatic heterocycles. The number of ether oxygens (including phenoxy) is 1. The number of nitrogens with zero attached hydrogens (tertiary/aromatic N) is 2. The average molecular weight is 265 g/mol. The van der Waals surface area contributed by atoms with Gasteiger partial charge in [-0.05, 0) is 52.5 Å². The summed E-state index contributed by atoms with van der Waals surface area (Å²) in [6.45, 7) is 8.31. The molecule has 2 unspecified atom stereocenters. The first-order valence-corrected chi connectivity index (χ1v) is 7.64. The summed E-state index contributed by atoms with van der Waals surface area (Å²) in [6.07, 6.45) is 5.95. The van der Waals surface area contributed by atoms with Crippen LogP contribution in [0.2, 0.25) is 0 Å². The maximum Gasteiger partial charge on any atom is 0.104 e. The zero-order valence-corrected chi connectivity index (χ0v) is 12.3. The molecule has 0 aromatic carbocycles. The smallest absolute Gasteiger partial charge is 0.104 e. The van der Waals surface area contributed by atoms with Crippen LogP contribution in [0, 0.1) is 11.3 Å². The normalized spacial score (nSPS) is 28.4. The minimum atomic E-state index is -0.338. The maximum absolute atomic E-state index is 9.34. The first kappa shape index (κ1) is 14.8. The zero-order chi connectivity index (χ0) is 13.7. The lowest BCUT2D eigenvalue weighted by atomic mass is 9.97. The van der Waals surface area contributed by atoms with E-state index in [0.717, 1.165) is 45.5 Å². The van der Waals surface area contributed by atoms with Gasteiger partial charge in [-0.3, -0.25) is 5.32 Å². The van der Waals surface area contributed by atoms with Crippen LogP contribution in [0.15, 0.2) is 0 Å². The molecule has 4 nitrogen and oxygen atoms in total. The molecule has 2 aliphatic rings. The third kappa shape index (κ3) is 5.10. The van der Waals surface area contributed by atoms with Crippen LogP contribution in [0.25, 0.3) is 0 Å². The summed E-state index contributed by atoms with van der Waals surface area (Å²) in [5, 5.41) is 12.8. The zero-order valence-electron chi connectivity index (χ0n) is 12.3. The quantitative estimate of drug-likeness (QED) is 0.797. The molecule has 0 spiro atoms. The van der Waals surface area contributed by atoms with Crippen LogP contribution in [0.5, 0.6) is 0 Å². The highest BCUT2D eigenvalue weighted by Crippen LogP contribution is 2.24. The topological polar surface area (TPSA) is 48.3 Å². The van der Waals surface area contributed by atoms with Gasteiger partial charge < -0.3 is 9.64 Å². The Bertz CT molecular complexity index is 324. The number of nitrogens with one attached hydrogen (secondary N) is 1. The number of rotatable bonds is 6. The molecule has 0 bridgehead atoms. The third-order valence-electron chi connectivity index (χ3n) is 4.03. The van der Waals surface area contributed by atoms with Crippen LogP contribution in [0.1, 0.15) is 46.0 Å². The molecular formula is C15H27N3O. The van der Waals surface area contributed by atoms with Gasteiger partial charge in [0.25, 0.3) is 0 Å². The van der Waals surface area contributed by atoms with Crippen LogP contribution >= 0.6 is 0 Å². The molecule has 108 valence electrons. The Morgan fingerprint density at radius 3 is 2.95 bits per heavy atom. The summed E-state index contributed by atoms with van der Waals surface area (Å²) in [5.41, 5.74) is -0.338. The Kier molecular flexibility index (Phi) is 5.20. The second kappa shape index (κ2) is 6.69. The predicted octanol–water partition coefficient (Wildman–Crippen LogP) is 1.91. The van der Waals surface area contributed by atoms with Crippen molar-refractivity contribution in [1.82, 2.24) is 10.2 Å². The van der Waals surface area contributed by atoms with Gasteiger partial charge in [-0.15, -0.1) is 0 Å². The highest BCUT2D eigenvalue weighted by molar-refractivity contribution is 5.07. The SMILES string of the molecule is CC1CN(CCCC(C)(C#N)NC2CC2)CCCO1. The van der Waals surface area contributed by atoms with Crippen LogP contribution in [-0.2, 0) is 4.74 Å². The molecule has 1 N–H and O–H groups in total. The Hall–Kier alpha value is -0.630. The molecule has 0 radical (unpaired) electrons. The second-order valence-corrected chi connectivity index (χ2v) is 6.30. The predicted molar refractivity (Wildman–Crippen MR) is 75.9 cm³/mol. The van der Waals surface area contributed by atoms with E-state index in [1.807, 2.05) is 6.92 Å². The van der Waals surface area contributed by atoms with Crippen LogP contribution in [0.3, 0.4) is 0 Å². The van der Waals surface area contributed by atoms with Gasteiger partial charge in [0.2, 0.25) is 0 Å². The highest BCUT2D eigenvalue weighted by Gasteiger charge is 2.32. The first-order valence-electron chi connectivity index (χ1n) is 7.64. The van der Waals surface area contributed by atoms with Crippen molar-refractivity contribution in [2.45, 2.75) is 63.6 Å². The summed E-state index contributed by atoms with van der Waals surface area (Å²) in [6, 6.07) is 3.05. The van der Waals surface area contributed by atoms with Gasteiger partial charge in [-0.1, -0.05) is 0 Å². The van der Waals surface area contributed by atoms with Crippen molar-refractivity contribution in [3.63, 3.8) is 0 Å². The number of hydrogen-bond donors (Lipinski definition) is 1. The Balaban J connectivity index is 1.70. The van der Waals surface area contributed by atoms with E-state index in [9.17, 15) is 5.26 Å². The Labute approximate surface area is 117 Å². The molecule has 0 amide bonds. The molecule has 19 heavy (non-hydrogen) atoms. The van der Waals surface area contributed by atoms with E-state index in [4.69, 9.17) is 4.74 Å². The van der Waals surface area contributed by atoms with Gasteiger partial charge in [-0.25, -0.2) is 0 Å². The average Bonchev–Trinajstić information content (AvgIpc) is 3.18. The van der Waals surface area contributed by atoms with E-state index in [1.54, 1.807) is 0 Å². The molecule has 1 heterocycles. The molecular weight excluding hydrogens is 238 g/mol. The van der Waals surface area contributed by atoms with E-state index in [1.165, 1.54) is 12.8 Å². The van der Waals surface area contributed by atoms with Crippen molar-refractivity contribution >= 4 is 0 Å². The molecule has 1 saturated heterocycles. The molecule has 2 fully saturated rings. The van der Waals surface area contributed by atoms with Crippen LogP contribution < -0.4 is 5.32 Å². The van der Waals surface area contributed by atoms with Crippen molar-refractivity contribution in [3.05, 3.63) is 0 Å². The van der Waals surface area contributed by atoms with Gasteiger partial charge in [0.15, 0.2) is 0 Å². The number of nitriles is 1. The van der Waals surface area contributed by atoms with Gasteiger partial charge >= 0.3 is 0 Å². The van der Waals surface area contributed by atoms with Gasteiger partial charge in [-0.2, -0.15) is 5.26 Å². The van der Waals surface area contributed by atoms with Gasteiger partial charge in [0, 0.05) is 25.7 Å².